The predicted molar refractivity (Wildman–Crippen MR) is 198 cm³/mol. The Morgan fingerprint density at radius 1 is 1.18 bits per heavy atom. The SMILES string of the molecule is C=S1(=O)NC(=O)c2ccc3c(c2)N(C[C@@H]2CC[C@H]2[C@@H](OCC(=O)N2CC(C)(O)C2)/C=C/C[C@H](C)[C@H]1C)C[C@@]1(CCCc2cc(Cl)ccc21)CO3. The number of amides is 2. The highest BCUT2D eigenvalue weighted by molar-refractivity contribution is 7.99. The molecule has 7 rings (SSSR count). The molecule has 2 amide bonds. The maximum Gasteiger partial charge on any atom is 0.262 e. The average molecular weight is 724 g/mol. The summed E-state index contributed by atoms with van der Waals surface area (Å²) in [6.45, 7) is 8.14. The standard InChI is InChI=1S/C39H50ClN3O6S/c1-25-7-5-9-34(48-20-36(44)43-21-38(3,46)22-43)31-13-10-29(31)19-42-23-39(16-6-8-27-17-30(40)12-14-32(27)39)24-49-35-15-11-28(18-33(35)42)37(45)41-50(4,47)26(25)2/h5,9,11-12,14-15,17-18,25-26,29,31,34,46H,4,6-8,10,13,16,19-24H2,1-3H3,(H,41,45,47)/b9-5+/t25-,26+,29-,31+,34-,39-,50?/m0/s1. The van der Waals surface area contributed by atoms with Crippen LogP contribution in [0.3, 0.4) is 0 Å². The van der Waals surface area contributed by atoms with Crippen LogP contribution in [0.2, 0.25) is 5.02 Å². The molecule has 50 heavy (non-hydrogen) atoms. The van der Waals surface area contributed by atoms with Gasteiger partial charge in [0.05, 0.1) is 46.8 Å². The van der Waals surface area contributed by atoms with E-state index in [0.29, 0.717) is 38.2 Å². The van der Waals surface area contributed by atoms with Gasteiger partial charge in [-0.05, 0) is 117 Å². The highest BCUT2D eigenvalue weighted by Gasteiger charge is 2.45. The average Bonchev–Trinajstić information content (AvgIpc) is 3.19. The van der Waals surface area contributed by atoms with Crippen LogP contribution in [0.4, 0.5) is 5.69 Å². The van der Waals surface area contributed by atoms with Gasteiger partial charge in [-0.15, -0.1) is 0 Å². The third-order valence-electron chi connectivity index (χ3n) is 12.0. The third kappa shape index (κ3) is 6.93. The lowest BCUT2D eigenvalue weighted by Gasteiger charge is -2.46. The van der Waals surface area contributed by atoms with E-state index < -0.39 is 21.2 Å². The highest BCUT2D eigenvalue weighted by Crippen LogP contribution is 2.47. The number of carbonyl (C=O) groups excluding carboxylic acids is 2. The first-order valence-electron chi connectivity index (χ1n) is 18.0. The van der Waals surface area contributed by atoms with Gasteiger partial charge in [0.2, 0.25) is 5.91 Å². The molecule has 2 aromatic carbocycles. The van der Waals surface area contributed by atoms with Crippen molar-refractivity contribution in [2.45, 2.75) is 81.7 Å². The Morgan fingerprint density at radius 3 is 2.72 bits per heavy atom. The first-order chi connectivity index (χ1) is 23.7. The number of allylic oxidation sites excluding steroid dienone is 1. The fourth-order valence-electron chi connectivity index (χ4n) is 8.63. The molecule has 11 heteroatoms. The molecular weight excluding hydrogens is 674 g/mol. The van der Waals surface area contributed by atoms with E-state index in [2.05, 4.69) is 39.8 Å². The molecule has 2 bridgehead atoms. The summed E-state index contributed by atoms with van der Waals surface area (Å²) in [5, 5.41) is 10.5. The minimum Gasteiger partial charge on any atom is -0.490 e. The number of fused-ring (bicyclic) bond motifs is 4. The number of likely N-dealkylation sites (tertiary alicyclic amines) is 1. The molecular formula is C39H50ClN3O6S. The molecule has 1 saturated heterocycles. The van der Waals surface area contributed by atoms with E-state index in [1.54, 1.807) is 17.9 Å². The maximum absolute atomic E-state index is 13.9. The summed E-state index contributed by atoms with van der Waals surface area (Å²) in [6.07, 6.45) is 9.44. The Labute approximate surface area is 301 Å². The second-order valence-electron chi connectivity index (χ2n) is 15.8. The summed E-state index contributed by atoms with van der Waals surface area (Å²) < 4.78 is 29.7. The van der Waals surface area contributed by atoms with Crippen molar-refractivity contribution < 1.29 is 28.4 Å². The number of benzene rings is 2. The van der Waals surface area contributed by atoms with Gasteiger partial charge in [0.25, 0.3) is 5.91 Å². The van der Waals surface area contributed by atoms with E-state index in [1.165, 1.54) is 11.1 Å². The van der Waals surface area contributed by atoms with Crippen molar-refractivity contribution in [3.8, 4) is 5.75 Å². The van der Waals surface area contributed by atoms with Crippen molar-refractivity contribution in [2.75, 3.05) is 44.3 Å². The quantitative estimate of drug-likeness (QED) is 0.333. The Kier molecular flexibility index (Phi) is 9.54. The van der Waals surface area contributed by atoms with Crippen molar-refractivity contribution in [1.82, 2.24) is 9.62 Å². The van der Waals surface area contributed by atoms with Gasteiger partial charge in [0.15, 0.2) is 0 Å². The molecule has 1 saturated carbocycles. The number of nitrogens with zero attached hydrogens (tertiary/aromatic N) is 2. The van der Waals surface area contributed by atoms with Crippen LogP contribution in [0.25, 0.3) is 0 Å². The van der Waals surface area contributed by atoms with Crippen LogP contribution in [0, 0.1) is 17.8 Å². The molecule has 2 aromatic rings. The number of anilines is 1. The maximum atomic E-state index is 13.9. The molecule has 3 aliphatic heterocycles. The van der Waals surface area contributed by atoms with Crippen LogP contribution >= 0.6 is 11.6 Å². The van der Waals surface area contributed by atoms with Gasteiger partial charge in [-0.3, -0.25) is 14.3 Å². The first kappa shape index (κ1) is 35.4. The molecule has 0 radical (unpaired) electrons. The van der Waals surface area contributed by atoms with Crippen molar-refractivity contribution in [3.05, 3.63) is 70.3 Å². The van der Waals surface area contributed by atoms with Gasteiger partial charge >= 0.3 is 0 Å². The van der Waals surface area contributed by atoms with Gasteiger partial charge in [-0.1, -0.05) is 36.7 Å². The predicted octanol–water partition coefficient (Wildman–Crippen LogP) is 5.16. The van der Waals surface area contributed by atoms with E-state index in [4.69, 9.17) is 21.1 Å². The van der Waals surface area contributed by atoms with Gasteiger partial charge < -0.3 is 24.4 Å². The Bertz CT molecular complexity index is 1790. The third-order valence-corrected chi connectivity index (χ3v) is 14.4. The largest absolute Gasteiger partial charge is 0.490 e. The molecule has 0 aromatic heterocycles. The molecule has 5 aliphatic rings. The number of hydrogen-bond donors (Lipinski definition) is 2. The molecule has 3 heterocycles. The molecule has 7 atom stereocenters. The van der Waals surface area contributed by atoms with Crippen LogP contribution in [0.5, 0.6) is 5.75 Å². The number of β-amino-alcohol motifs (C(OH)–C–C–N with tert-alkyl or cyclic N) is 1. The molecule has 2 N–H and O–H groups in total. The van der Waals surface area contributed by atoms with Crippen molar-refractivity contribution in [2.24, 2.45) is 17.8 Å². The smallest absolute Gasteiger partial charge is 0.262 e. The fraction of sp³-hybridized carbons (Fsp3) is 0.564. The minimum absolute atomic E-state index is 0.0346. The number of rotatable bonds is 3. The van der Waals surface area contributed by atoms with Crippen LogP contribution < -0.4 is 14.4 Å². The second-order valence-corrected chi connectivity index (χ2v) is 18.7. The van der Waals surface area contributed by atoms with Crippen molar-refractivity contribution >= 4 is 44.7 Å². The zero-order valence-corrected chi connectivity index (χ0v) is 30.9. The van der Waals surface area contributed by atoms with E-state index >= 15 is 0 Å². The molecule has 1 unspecified atom stereocenters. The summed E-state index contributed by atoms with van der Waals surface area (Å²) in [5.41, 5.74) is 2.68. The van der Waals surface area contributed by atoms with Gasteiger partial charge in [0, 0.05) is 34.3 Å². The number of hydrogen-bond acceptors (Lipinski definition) is 7. The topological polar surface area (TPSA) is 108 Å². The number of ether oxygens (including phenoxy) is 2. The van der Waals surface area contributed by atoms with Gasteiger partial charge in [-0.2, -0.15) is 0 Å². The molecule has 270 valence electrons. The van der Waals surface area contributed by atoms with Crippen LogP contribution in [-0.4, -0.2) is 88.2 Å². The van der Waals surface area contributed by atoms with Gasteiger partial charge in [0.1, 0.15) is 12.4 Å². The summed E-state index contributed by atoms with van der Waals surface area (Å²) in [4.78, 5) is 30.7. The summed E-state index contributed by atoms with van der Waals surface area (Å²) >= 11 is 6.46. The summed E-state index contributed by atoms with van der Waals surface area (Å²) in [6, 6.07) is 11.7. The Balaban J connectivity index is 1.24. The van der Waals surface area contributed by atoms with E-state index in [0.717, 1.165) is 55.1 Å². The second kappa shape index (κ2) is 13.5. The van der Waals surface area contributed by atoms with Crippen LogP contribution in [0.1, 0.15) is 74.4 Å². The fourth-order valence-corrected chi connectivity index (χ4v) is 10.3. The normalized spacial score (nSPS) is 34.2. The summed E-state index contributed by atoms with van der Waals surface area (Å²) in [5.74, 6) is 4.61. The lowest BCUT2D eigenvalue weighted by molar-refractivity contribution is -0.159. The number of nitrogens with one attached hydrogen (secondary N) is 1. The minimum atomic E-state index is -2.99. The zero-order valence-electron chi connectivity index (χ0n) is 29.4. The number of aryl methyl sites for hydroxylation is 1. The van der Waals surface area contributed by atoms with Crippen molar-refractivity contribution in [3.63, 3.8) is 0 Å². The Morgan fingerprint density at radius 2 is 1.98 bits per heavy atom. The highest BCUT2D eigenvalue weighted by atomic mass is 35.5. The lowest BCUT2D eigenvalue weighted by Crippen LogP contribution is -2.62. The van der Waals surface area contributed by atoms with Crippen LogP contribution in [-0.2, 0) is 31.1 Å². The van der Waals surface area contributed by atoms with E-state index in [1.807, 2.05) is 32.0 Å². The summed E-state index contributed by atoms with van der Waals surface area (Å²) in [7, 11) is -2.99. The van der Waals surface area contributed by atoms with Crippen molar-refractivity contribution in [1.29, 1.82) is 0 Å². The van der Waals surface area contributed by atoms with Crippen LogP contribution in [0.15, 0.2) is 48.6 Å². The Hall–Kier alpha value is -3.05. The molecule has 1 spiro atoms. The number of aliphatic hydroxyl groups is 1. The number of carbonyl (C=O) groups is 2. The van der Waals surface area contributed by atoms with Gasteiger partial charge in [-0.25, -0.2) is 4.21 Å². The molecule has 9 nitrogen and oxygen atoms in total. The lowest BCUT2D eigenvalue weighted by atomic mass is 9.68. The van der Waals surface area contributed by atoms with E-state index in [-0.39, 0.29) is 47.0 Å². The first-order valence-corrected chi connectivity index (χ1v) is 20.2. The zero-order chi connectivity index (χ0) is 35.4. The monoisotopic (exact) mass is 723 g/mol. The molecule has 2 fully saturated rings. The number of halogens is 1. The molecule has 2 aliphatic carbocycles. The van der Waals surface area contributed by atoms with E-state index in [9.17, 15) is 18.9 Å².